The zero-order valence-electron chi connectivity index (χ0n) is 12.2. The highest BCUT2D eigenvalue weighted by Crippen LogP contribution is 2.38. The van der Waals surface area contributed by atoms with E-state index in [9.17, 15) is 8.42 Å². The van der Waals surface area contributed by atoms with E-state index in [2.05, 4.69) is 11.6 Å². The molecule has 124 valence electrons. The number of halogens is 1. The molecular formula is C15H12ClN3O2S3. The van der Waals surface area contributed by atoms with Crippen molar-refractivity contribution < 1.29 is 8.42 Å². The molecule has 2 aromatic heterocycles. The van der Waals surface area contributed by atoms with Crippen molar-refractivity contribution in [1.82, 2.24) is 4.98 Å². The molecule has 3 rings (SSSR count). The molecule has 0 bridgehead atoms. The van der Waals surface area contributed by atoms with Crippen LogP contribution in [-0.2, 0) is 10.0 Å². The Morgan fingerprint density at radius 3 is 2.75 bits per heavy atom. The molecule has 0 aliphatic heterocycles. The smallest absolute Gasteiger partial charge is 0.277 e. The number of hydrogen-bond donors (Lipinski definition) is 2. The molecular weight excluding hydrogens is 386 g/mol. The molecule has 0 aliphatic carbocycles. The van der Waals surface area contributed by atoms with Crippen LogP contribution in [0.4, 0.5) is 5.69 Å². The third kappa shape index (κ3) is 2.71. The number of hydrogen-bond acceptors (Lipinski definition) is 4. The summed E-state index contributed by atoms with van der Waals surface area (Å²) >= 11 is 12.4. The van der Waals surface area contributed by atoms with Gasteiger partial charge in [-0.05, 0) is 23.6 Å². The van der Waals surface area contributed by atoms with Crippen LogP contribution in [0.2, 0.25) is 5.02 Å². The van der Waals surface area contributed by atoms with E-state index in [4.69, 9.17) is 29.6 Å². The summed E-state index contributed by atoms with van der Waals surface area (Å²) in [6.07, 6.45) is 1.22. The molecule has 0 spiro atoms. The average molecular weight is 398 g/mol. The number of benzene rings is 1. The van der Waals surface area contributed by atoms with E-state index in [0.29, 0.717) is 11.2 Å². The summed E-state index contributed by atoms with van der Waals surface area (Å²) in [6, 6.07) is 8.33. The van der Waals surface area contributed by atoms with Crippen molar-refractivity contribution in [3.63, 3.8) is 0 Å². The van der Waals surface area contributed by atoms with Gasteiger partial charge in [-0.2, -0.15) is 8.42 Å². The topological polar surface area (TPSA) is 79.2 Å². The van der Waals surface area contributed by atoms with E-state index in [1.807, 2.05) is 0 Å². The Hall–Kier alpha value is -1.87. The van der Waals surface area contributed by atoms with Gasteiger partial charge >= 0.3 is 0 Å². The van der Waals surface area contributed by atoms with Crippen LogP contribution in [0.1, 0.15) is 5.69 Å². The molecule has 24 heavy (non-hydrogen) atoms. The van der Waals surface area contributed by atoms with Gasteiger partial charge in [-0.3, -0.25) is 0 Å². The number of anilines is 1. The Morgan fingerprint density at radius 2 is 2.17 bits per heavy atom. The molecule has 3 aromatic rings. The summed E-state index contributed by atoms with van der Waals surface area (Å²) in [6.45, 7) is 3.63. The van der Waals surface area contributed by atoms with Gasteiger partial charge in [0.15, 0.2) is 0 Å². The normalized spacial score (nSPS) is 11.5. The average Bonchev–Trinajstić information content (AvgIpc) is 3.18. The molecule has 5 nitrogen and oxygen atoms in total. The van der Waals surface area contributed by atoms with E-state index in [1.54, 1.807) is 29.6 Å². The zero-order valence-corrected chi connectivity index (χ0v) is 15.4. The number of rotatable bonds is 5. The molecule has 0 amide bonds. The fourth-order valence-corrected chi connectivity index (χ4v) is 5.15. The van der Waals surface area contributed by atoms with Crippen molar-refractivity contribution >= 4 is 66.8 Å². The molecule has 0 unspecified atom stereocenters. The van der Waals surface area contributed by atoms with Gasteiger partial charge in [0.25, 0.3) is 10.0 Å². The summed E-state index contributed by atoms with van der Waals surface area (Å²) < 4.78 is 27.1. The second kappa shape index (κ2) is 6.21. The molecule has 0 radical (unpaired) electrons. The summed E-state index contributed by atoms with van der Waals surface area (Å²) in [5.41, 5.74) is 6.98. The van der Waals surface area contributed by atoms with E-state index in [-0.39, 0.29) is 19.9 Å². The Kier molecular flexibility index (Phi) is 4.39. The molecule has 0 atom stereocenters. The Bertz CT molecular complexity index is 1040. The van der Waals surface area contributed by atoms with Crippen LogP contribution >= 0.6 is 35.2 Å². The number of nitrogens with zero attached hydrogens (tertiary/aromatic N) is 1. The number of aromatic nitrogens is 1. The minimum atomic E-state index is -3.82. The van der Waals surface area contributed by atoms with E-state index in [1.165, 1.54) is 12.3 Å². The van der Waals surface area contributed by atoms with Crippen molar-refractivity contribution in [2.45, 2.75) is 4.21 Å². The number of nitrogens with one attached hydrogen (secondary N) is 1. The maximum absolute atomic E-state index is 12.9. The van der Waals surface area contributed by atoms with Crippen LogP contribution in [0.15, 0.2) is 52.7 Å². The van der Waals surface area contributed by atoms with Gasteiger partial charge in [0.05, 0.1) is 21.9 Å². The van der Waals surface area contributed by atoms with E-state index < -0.39 is 10.0 Å². The lowest BCUT2D eigenvalue weighted by molar-refractivity contribution is 0.598. The largest absolute Gasteiger partial charge is 0.388 e. The third-order valence-corrected chi connectivity index (χ3v) is 6.98. The van der Waals surface area contributed by atoms with Crippen LogP contribution in [0.3, 0.4) is 0 Å². The maximum Gasteiger partial charge on any atom is 0.277 e. The van der Waals surface area contributed by atoms with Gasteiger partial charge in [0, 0.05) is 11.6 Å². The zero-order chi connectivity index (χ0) is 17.5. The Labute approximate surface area is 153 Å². The molecule has 9 heteroatoms. The number of fused-ring (bicyclic) bond motifs is 1. The number of H-pyrrole nitrogens is 1. The first-order valence-corrected chi connectivity index (χ1v) is 9.78. The van der Waals surface area contributed by atoms with Crippen LogP contribution in [0, 0.1) is 0 Å². The molecule has 2 heterocycles. The quantitative estimate of drug-likeness (QED) is 0.641. The van der Waals surface area contributed by atoms with Crippen molar-refractivity contribution in [1.29, 1.82) is 0 Å². The van der Waals surface area contributed by atoms with Crippen molar-refractivity contribution in [3.8, 4) is 0 Å². The first-order chi connectivity index (χ1) is 11.4. The van der Waals surface area contributed by atoms with Gasteiger partial charge < -0.3 is 10.7 Å². The Morgan fingerprint density at radius 1 is 1.42 bits per heavy atom. The third-order valence-electron chi connectivity index (χ3n) is 3.38. The van der Waals surface area contributed by atoms with Gasteiger partial charge in [-0.15, -0.1) is 11.3 Å². The van der Waals surface area contributed by atoms with Gasteiger partial charge in [-0.1, -0.05) is 42.5 Å². The second-order valence-corrected chi connectivity index (χ2v) is 8.66. The fourth-order valence-electron chi connectivity index (χ4n) is 2.32. The van der Waals surface area contributed by atoms with Crippen LogP contribution in [0.25, 0.3) is 10.9 Å². The highest BCUT2D eigenvalue weighted by Gasteiger charge is 2.27. The molecule has 1 aromatic carbocycles. The first-order valence-electron chi connectivity index (χ1n) is 6.68. The second-order valence-electron chi connectivity index (χ2n) is 4.82. The molecule has 0 aliphatic rings. The van der Waals surface area contributed by atoms with Crippen molar-refractivity contribution in [3.05, 3.63) is 59.2 Å². The summed E-state index contributed by atoms with van der Waals surface area (Å²) in [5.74, 6) is 0. The number of nitrogens with two attached hydrogens (primary N) is 1. The lowest BCUT2D eigenvalue weighted by atomic mass is 10.2. The lowest BCUT2D eigenvalue weighted by Crippen LogP contribution is -2.25. The highest BCUT2D eigenvalue weighted by molar-refractivity contribution is 7.94. The number of thiophene rings is 1. The molecule has 0 saturated carbocycles. The molecule has 0 saturated heterocycles. The van der Waals surface area contributed by atoms with Gasteiger partial charge in [0.1, 0.15) is 9.20 Å². The van der Waals surface area contributed by atoms with E-state index in [0.717, 1.165) is 21.0 Å². The fraction of sp³-hybridized carbons (Fsp3) is 0. The number of thiocarbonyl (C=S) groups is 1. The van der Waals surface area contributed by atoms with Crippen LogP contribution in [0.5, 0.6) is 0 Å². The summed E-state index contributed by atoms with van der Waals surface area (Å²) in [7, 11) is -3.82. The molecule has 3 N–H and O–H groups in total. The van der Waals surface area contributed by atoms with Crippen molar-refractivity contribution in [2.75, 3.05) is 4.31 Å². The number of sulfonamides is 1. The van der Waals surface area contributed by atoms with Gasteiger partial charge in [-0.25, -0.2) is 4.31 Å². The minimum Gasteiger partial charge on any atom is -0.388 e. The van der Waals surface area contributed by atoms with Gasteiger partial charge in [0.2, 0.25) is 0 Å². The van der Waals surface area contributed by atoms with Crippen LogP contribution in [-0.4, -0.2) is 18.4 Å². The monoisotopic (exact) mass is 397 g/mol. The highest BCUT2D eigenvalue weighted by atomic mass is 35.5. The maximum atomic E-state index is 12.9. The van der Waals surface area contributed by atoms with Crippen molar-refractivity contribution in [2.24, 2.45) is 5.73 Å². The summed E-state index contributed by atoms with van der Waals surface area (Å²) in [4.78, 5) is 3.22. The van der Waals surface area contributed by atoms with E-state index >= 15 is 0 Å². The molecule has 0 fully saturated rings. The SMILES string of the molecule is C=CN(c1c(Cl)ccc2cc(C(N)=S)[nH]c12)S(=O)(=O)c1cccs1. The predicted octanol–water partition coefficient (Wildman–Crippen LogP) is 3.86. The lowest BCUT2D eigenvalue weighted by Gasteiger charge is -2.21. The minimum absolute atomic E-state index is 0.180. The van der Waals surface area contributed by atoms with Crippen LogP contribution < -0.4 is 10.0 Å². The standard InChI is InChI=1S/C15H12ClN3O2S3/c1-2-19(24(20,21)12-4-3-7-23-12)14-10(16)6-5-9-8-11(15(17)22)18-13(9)14/h2-8,18H,1H2,(H2,17,22). The summed E-state index contributed by atoms with van der Waals surface area (Å²) in [5, 5.41) is 2.69. The predicted molar refractivity (Wildman–Crippen MR) is 103 cm³/mol. The Balaban J connectivity index is 2.28. The number of aromatic amines is 1. The first kappa shape index (κ1) is 17.0.